The molecule has 2 fully saturated rings. The molecule has 32 heavy (non-hydrogen) atoms. The summed E-state index contributed by atoms with van der Waals surface area (Å²) in [5, 5.41) is 0.540. The summed E-state index contributed by atoms with van der Waals surface area (Å²) in [6.45, 7) is 5.41. The molecule has 2 amide bonds. The molecular weight excluding hydrogens is 446 g/mol. The van der Waals surface area contributed by atoms with Crippen LogP contribution in [0.3, 0.4) is 0 Å². The molecule has 2 heterocycles. The average Bonchev–Trinajstić information content (AvgIpc) is 2.71. The maximum Gasteiger partial charge on any atom is 0.410 e. The van der Waals surface area contributed by atoms with E-state index in [1.165, 1.54) is 9.80 Å². The number of piperidine rings is 2. The Bertz CT molecular complexity index is 857. The first kappa shape index (κ1) is 25.7. The maximum atomic E-state index is 13.2. The Balaban J connectivity index is 0.000000229. The molecule has 2 unspecified atom stereocenters. The first-order valence-corrected chi connectivity index (χ1v) is 10.6. The van der Waals surface area contributed by atoms with E-state index < -0.39 is 35.6 Å². The number of alkyl halides is 2. The van der Waals surface area contributed by atoms with Crippen molar-refractivity contribution in [3.63, 3.8) is 0 Å². The summed E-state index contributed by atoms with van der Waals surface area (Å²) < 4.78 is 31.3. The molecule has 0 radical (unpaired) electrons. The van der Waals surface area contributed by atoms with Gasteiger partial charge in [0.15, 0.2) is 23.9 Å². The summed E-state index contributed by atoms with van der Waals surface area (Å²) in [6, 6.07) is 6.40. The summed E-state index contributed by atoms with van der Waals surface area (Å²) in [5.41, 5.74) is -0.138. The van der Waals surface area contributed by atoms with E-state index >= 15 is 0 Å². The van der Waals surface area contributed by atoms with Crippen LogP contribution in [0.1, 0.15) is 44.0 Å². The number of hydrogen-bond acceptors (Lipinski definition) is 5. The highest BCUT2D eigenvalue weighted by Gasteiger charge is 2.32. The number of nitrogens with zero attached hydrogens (tertiary/aromatic N) is 2. The van der Waals surface area contributed by atoms with Gasteiger partial charge in [-0.3, -0.25) is 14.4 Å². The molecule has 0 spiro atoms. The summed E-state index contributed by atoms with van der Waals surface area (Å²) in [7, 11) is 0. The largest absolute Gasteiger partial charge is 0.444 e. The fraction of sp³-hybridized carbons (Fsp3) is 0.545. The van der Waals surface area contributed by atoms with Crippen LogP contribution in [-0.2, 0) is 14.3 Å². The van der Waals surface area contributed by atoms with Crippen molar-refractivity contribution in [1.29, 1.82) is 0 Å². The zero-order valence-electron chi connectivity index (χ0n) is 18.3. The van der Waals surface area contributed by atoms with Crippen LogP contribution in [0.15, 0.2) is 24.3 Å². The first-order valence-electron chi connectivity index (χ1n) is 10.2. The highest BCUT2D eigenvalue weighted by molar-refractivity contribution is 6.30. The maximum absolute atomic E-state index is 13.2. The molecule has 0 bridgehead atoms. The van der Waals surface area contributed by atoms with Crippen LogP contribution in [0.5, 0.6) is 0 Å². The highest BCUT2D eigenvalue weighted by Crippen LogP contribution is 2.16. The summed E-state index contributed by atoms with van der Waals surface area (Å²) in [5.74, 6) is -1.13. The fourth-order valence-electron chi connectivity index (χ4n) is 3.03. The van der Waals surface area contributed by atoms with Gasteiger partial charge in [0.25, 0.3) is 5.91 Å². The predicted molar refractivity (Wildman–Crippen MR) is 114 cm³/mol. The number of hydrogen-bond donors (Lipinski definition) is 0. The summed E-state index contributed by atoms with van der Waals surface area (Å²) in [4.78, 5) is 48.0. The van der Waals surface area contributed by atoms with Crippen molar-refractivity contribution in [2.24, 2.45) is 0 Å². The van der Waals surface area contributed by atoms with Crippen molar-refractivity contribution in [3.8, 4) is 0 Å². The lowest BCUT2D eigenvalue weighted by Crippen LogP contribution is -2.47. The van der Waals surface area contributed by atoms with Gasteiger partial charge in [0.05, 0.1) is 13.1 Å². The second kappa shape index (κ2) is 10.8. The van der Waals surface area contributed by atoms with Crippen molar-refractivity contribution in [1.82, 2.24) is 9.80 Å². The monoisotopic (exact) mass is 472 g/mol. The van der Waals surface area contributed by atoms with E-state index in [9.17, 15) is 28.0 Å². The third-order valence-corrected chi connectivity index (χ3v) is 5.00. The van der Waals surface area contributed by atoms with Crippen molar-refractivity contribution in [2.75, 3.05) is 26.2 Å². The second-order valence-corrected chi connectivity index (χ2v) is 8.99. The van der Waals surface area contributed by atoms with E-state index in [0.29, 0.717) is 10.6 Å². The fourth-order valence-corrected chi connectivity index (χ4v) is 3.15. The number of Topliss-reactive ketones (excluding diaryl/α,β-unsaturated/α-hetero) is 2. The quantitative estimate of drug-likeness (QED) is 0.623. The molecule has 7 nitrogen and oxygen atoms in total. The van der Waals surface area contributed by atoms with Gasteiger partial charge in [0.2, 0.25) is 0 Å². The number of rotatable bonds is 1. The Morgan fingerprint density at radius 1 is 0.938 bits per heavy atom. The molecular formula is C22H27ClF2N2O5. The number of carbonyl (C=O) groups is 4. The van der Waals surface area contributed by atoms with Crippen LogP contribution in [-0.4, -0.2) is 77.5 Å². The molecule has 0 saturated carbocycles. The molecule has 10 heteroatoms. The number of amides is 2. The van der Waals surface area contributed by atoms with Crippen molar-refractivity contribution in [3.05, 3.63) is 34.9 Å². The standard InChI is InChI=1S/C12H11ClFNO2.C10H16FNO3/c13-9-3-1-8(2-4-9)12(17)15-6-5-11(16)10(14)7-15;1-10(2,3)15-9(14)12-5-4-8(13)7(11)6-12/h1-4,10H,5-7H2;7H,4-6H2,1-3H3. The number of ketones is 2. The first-order chi connectivity index (χ1) is 14.9. The number of benzene rings is 1. The van der Waals surface area contributed by atoms with Crippen LogP contribution < -0.4 is 0 Å². The van der Waals surface area contributed by atoms with Crippen LogP contribution in [0, 0.1) is 0 Å². The SMILES string of the molecule is CC(C)(C)OC(=O)N1CCC(=O)C(F)C1.O=C1CCN(C(=O)c2ccc(Cl)cc2)CC1F. The van der Waals surface area contributed by atoms with Crippen molar-refractivity contribution < 1.29 is 32.7 Å². The van der Waals surface area contributed by atoms with Gasteiger partial charge in [-0.1, -0.05) is 11.6 Å². The topological polar surface area (TPSA) is 84.0 Å². The smallest absolute Gasteiger partial charge is 0.410 e. The van der Waals surface area contributed by atoms with Gasteiger partial charge >= 0.3 is 6.09 Å². The number of likely N-dealkylation sites (tertiary alicyclic amines) is 2. The van der Waals surface area contributed by atoms with Gasteiger partial charge in [0, 0.05) is 36.5 Å². The molecule has 2 aliphatic rings. The Hall–Kier alpha value is -2.55. The molecule has 3 rings (SSSR count). The third kappa shape index (κ3) is 7.55. The Labute approximate surface area is 190 Å². The Kier molecular flexibility index (Phi) is 8.72. The minimum Gasteiger partial charge on any atom is -0.444 e. The zero-order valence-corrected chi connectivity index (χ0v) is 19.0. The van der Waals surface area contributed by atoms with Gasteiger partial charge in [-0.05, 0) is 45.0 Å². The minimum absolute atomic E-state index is 0.0699. The van der Waals surface area contributed by atoms with Crippen LogP contribution in [0.2, 0.25) is 5.02 Å². The Morgan fingerprint density at radius 3 is 1.88 bits per heavy atom. The lowest BCUT2D eigenvalue weighted by atomic mass is 10.1. The van der Waals surface area contributed by atoms with Gasteiger partial charge in [0.1, 0.15) is 5.60 Å². The van der Waals surface area contributed by atoms with E-state index in [1.54, 1.807) is 45.0 Å². The van der Waals surface area contributed by atoms with Gasteiger partial charge in [-0.25, -0.2) is 13.6 Å². The molecule has 176 valence electrons. The lowest BCUT2D eigenvalue weighted by Gasteiger charge is -2.30. The molecule has 2 aliphatic heterocycles. The summed E-state index contributed by atoms with van der Waals surface area (Å²) in [6.07, 6.45) is -3.52. The van der Waals surface area contributed by atoms with Crippen molar-refractivity contribution in [2.45, 2.75) is 51.6 Å². The molecule has 0 N–H and O–H groups in total. The molecule has 0 aliphatic carbocycles. The molecule has 2 saturated heterocycles. The third-order valence-electron chi connectivity index (χ3n) is 4.75. The van der Waals surface area contributed by atoms with E-state index in [-0.39, 0.29) is 44.9 Å². The number of halogens is 3. The number of carbonyl (C=O) groups excluding carboxylic acids is 4. The minimum atomic E-state index is -1.56. The molecule has 0 aromatic heterocycles. The van der Waals surface area contributed by atoms with Crippen LogP contribution in [0.4, 0.5) is 13.6 Å². The predicted octanol–water partition coefficient (Wildman–Crippen LogP) is 3.63. The highest BCUT2D eigenvalue weighted by atomic mass is 35.5. The van der Waals surface area contributed by atoms with E-state index in [4.69, 9.17) is 16.3 Å². The lowest BCUT2D eigenvalue weighted by molar-refractivity contribution is -0.127. The van der Waals surface area contributed by atoms with Gasteiger partial charge < -0.3 is 14.5 Å². The average molecular weight is 473 g/mol. The van der Waals surface area contributed by atoms with E-state index in [1.807, 2.05) is 0 Å². The summed E-state index contributed by atoms with van der Waals surface area (Å²) >= 11 is 5.71. The van der Waals surface area contributed by atoms with Crippen LogP contribution in [0.25, 0.3) is 0 Å². The zero-order chi connectivity index (χ0) is 24.1. The van der Waals surface area contributed by atoms with Gasteiger partial charge in [-0.15, -0.1) is 0 Å². The molecule has 1 aromatic rings. The van der Waals surface area contributed by atoms with E-state index in [0.717, 1.165) is 0 Å². The van der Waals surface area contributed by atoms with Gasteiger partial charge in [-0.2, -0.15) is 0 Å². The Morgan fingerprint density at radius 2 is 1.41 bits per heavy atom. The second-order valence-electron chi connectivity index (χ2n) is 8.55. The number of ether oxygens (including phenoxy) is 1. The van der Waals surface area contributed by atoms with E-state index in [2.05, 4.69) is 0 Å². The normalized spacial score (nSPS) is 21.6. The molecule has 2 atom stereocenters. The van der Waals surface area contributed by atoms with Crippen molar-refractivity contribution >= 4 is 35.2 Å². The molecule has 1 aromatic carbocycles. The van der Waals surface area contributed by atoms with Crippen LogP contribution >= 0.6 is 11.6 Å².